The van der Waals surface area contributed by atoms with Gasteiger partial charge >= 0.3 is 0 Å². The molecule has 0 unspecified atom stereocenters. The number of nitrogens with two attached hydrogens (primary N) is 1. The molecule has 1 aliphatic rings. The Morgan fingerprint density at radius 3 is 3.00 bits per heavy atom. The minimum atomic E-state index is 0.140. The van der Waals surface area contributed by atoms with E-state index >= 15 is 0 Å². The maximum Gasteiger partial charge on any atom is 0.282 e. The predicted octanol–water partition coefficient (Wildman–Crippen LogP) is 1.19. The third kappa shape index (κ3) is 3.61. The van der Waals surface area contributed by atoms with Gasteiger partial charge in [-0.15, -0.1) is 0 Å². The van der Waals surface area contributed by atoms with Gasteiger partial charge in [-0.2, -0.15) is 0 Å². The summed E-state index contributed by atoms with van der Waals surface area (Å²) in [5.74, 6) is 0. The molecular formula is C12H16ClN3O. The van der Waals surface area contributed by atoms with E-state index in [0.29, 0.717) is 12.6 Å². The van der Waals surface area contributed by atoms with Gasteiger partial charge in [0.2, 0.25) is 0 Å². The normalized spacial score (nSPS) is 18.9. The zero-order chi connectivity index (χ0) is 12.1. The maximum absolute atomic E-state index is 6.06. The molecule has 1 aromatic rings. The van der Waals surface area contributed by atoms with Gasteiger partial charge in [-0.05, 0) is 24.6 Å². The number of hydrogen-bond acceptors (Lipinski definition) is 4. The Morgan fingerprint density at radius 1 is 1.47 bits per heavy atom. The van der Waals surface area contributed by atoms with E-state index in [9.17, 15) is 0 Å². The number of hydrogen-bond donors (Lipinski definition) is 2. The van der Waals surface area contributed by atoms with Crippen LogP contribution in [0.25, 0.3) is 0 Å². The third-order valence-corrected chi connectivity index (χ3v) is 3.01. The molecule has 0 aliphatic carbocycles. The second-order valence-electron chi connectivity index (χ2n) is 3.98. The largest absolute Gasteiger partial charge is 0.463 e. The molecule has 4 nitrogen and oxygen atoms in total. The number of ether oxygens (including phenoxy) is 1. The highest BCUT2D eigenvalue weighted by Crippen LogP contribution is 2.14. The molecule has 2 rings (SSSR count). The van der Waals surface area contributed by atoms with Gasteiger partial charge < -0.3 is 15.8 Å². The van der Waals surface area contributed by atoms with Crippen molar-refractivity contribution >= 4 is 17.6 Å². The van der Waals surface area contributed by atoms with E-state index in [1.54, 1.807) is 0 Å². The van der Waals surface area contributed by atoms with E-state index in [1.807, 2.05) is 24.3 Å². The number of halogens is 1. The van der Waals surface area contributed by atoms with Crippen molar-refractivity contribution in [2.75, 3.05) is 19.7 Å². The fraction of sp³-hybridized carbons (Fsp3) is 0.417. The first kappa shape index (κ1) is 12.2. The maximum atomic E-state index is 6.06. The quantitative estimate of drug-likeness (QED) is 0.775. The molecule has 92 valence electrons. The van der Waals surface area contributed by atoms with Gasteiger partial charge in [0.1, 0.15) is 12.6 Å². The molecule has 1 aromatic carbocycles. The van der Waals surface area contributed by atoms with Crippen LogP contribution in [-0.2, 0) is 11.2 Å². The molecule has 0 fully saturated rings. The average molecular weight is 254 g/mol. The van der Waals surface area contributed by atoms with Crippen molar-refractivity contribution in [1.82, 2.24) is 5.32 Å². The van der Waals surface area contributed by atoms with Crippen molar-refractivity contribution in [1.29, 1.82) is 0 Å². The number of benzene rings is 1. The van der Waals surface area contributed by atoms with E-state index in [0.717, 1.165) is 30.1 Å². The molecule has 17 heavy (non-hydrogen) atoms. The standard InChI is InChI=1S/C12H16ClN3O/c13-11-4-2-1-3-9(11)5-6-15-7-10-8-17-12(14)16-10/h1-4,10,15H,5-8H2,(H2,14,16)/t10-/m0/s1. The first-order chi connectivity index (χ1) is 8.25. The van der Waals surface area contributed by atoms with E-state index in [4.69, 9.17) is 22.1 Å². The van der Waals surface area contributed by atoms with E-state index < -0.39 is 0 Å². The zero-order valence-electron chi connectivity index (χ0n) is 9.53. The minimum absolute atomic E-state index is 0.140. The van der Waals surface area contributed by atoms with Crippen LogP contribution in [0.4, 0.5) is 0 Å². The first-order valence-electron chi connectivity index (χ1n) is 5.66. The van der Waals surface area contributed by atoms with E-state index in [1.165, 1.54) is 0 Å². The molecule has 1 heterocycles. The molecule has 0 bridgehead atoms. The Hall–Kier alpha value is -1.26. The highest BCUT2D eigenvalue weighted by Gasteiger charge is 2.15. The van der Waals surface area contributed by atoms with Crippen LogP contribution in [0.3, 0.4) is 0 Å². The van der Waals surface area contributed by atoms with Gasteiger partial charge in [-0.25, -0.2) is 4.99 Å². The van der Waals surface area contributed by atoms with Crippen LogP contribution in [0.5, 0.6) is 0 Å². The highest BCUT2D eigenvalue weighted by molar-refractivity contribution is 6.31. The lowest BCUT2D eigenvalue weighted by molar-refractivity contribution is 0.309. The number of nitrogens with one attached hydrogen (secondary N) is 1. The lowest BCUT2D eigenvalue weighted by Gasteiger charge is -2.08. The Morgan fingerprint density at radius 2 is 2.29 bits per heavy atom. The van der Waals surface area contributed by atoms with Crippen LogP contribution < -0.4 is 11.1 Å². The summed E-state index contributed by atoms with van der Waals surface area (Å²) in [5, 5.41) is 4.14. The number of aliphatic imine (C=N–C) groups is 1. The summed E-state index contributed by atoms with van der Waals surface area (Å²) in [7, 11) is 0. The van der Waals surface area contributed by atoms with Crippen LogP contribution in [0.15, 0.2) is 29.3 Å². The first-order valence-corrected chi connectivity index (χ1v) is 6.03. The van der Waals surface area contributed by atoms with Gasteiger partial charge in [0.15, 0.2) is 0 Å². The van der Waals surface area contributed by atoms with Gasteiger partial charge in [-0.3, -0.25) is 0 Å². The molecule has 0 saturated carbocycles. The van der Waals surface area contributed by atoms with Crippen molar-refractivity contribution < 1.29 is 4.74 Å². The summed E-state index contributed by atoms with van der Waals surface area (Å²) in [6.07, 6.45) is 0.909. The van der Waals surface area contributed by atoms with Gasteiger partial charge in [-0.1, -0.05) is 29.8 Å². The Kier molecular flexibility index (Phi) is 4.23. The fourth-order valence-electron chi connectivity index (χ4n) is 1.73. The monoisotopic (exact) mass is 253 g/mol. The second-order valence-corrected chi connectivity index (χ2v) is 4.38. The number of amidine groups is 1. The molecule has 0 aromatic heterocycles. The topological polar surface area (TPSA) is 59.6 Å². The average Bonchev–Trinajstić information content (AvgIpc) is 2.73. The summed E-state index contributed by atoms with van der Waals surface area (Å²) < 4.78 is 5.07. The van der Waals surface area contributed by atoms with E-state index in [2.05, 4.69) is 10.3 Å². The van der Waals surface area contributed by atoms with Crippen molar-refractivity contribution in [2.45, 2.75) is 12.5 Å². The molecule has 1 atom stereocenters. The Bertz CT molecular complexity index is 408. The lowest BCUT2D eigenvalue weighted by Crippen LogP contribution is -2.28. The molecule has 0 spiro atoms. The highest BCUT2D eigenvalue weighted by atomic mass is 35.5. The third-order valence-electron chi connectivity index (χ3n) is 2.64. The SMILES string of the molecule is NC1=N[C@@H](CNCCc2ccccc2Cl)CO1. The molecule has 0 amide bonds. The van der Waals surface area contributed by atoms with Crippen molar-refractivity contribution in [3.8, 4) is 0 Å². The van der Waals surface area contributed by atoms with Crippen LogP contribution in [0, 0.1) is 0 Å². The molecule has 0 saturated heterocycles. The smallest absolute Gasteiger partial charge is 0.282 e. The van der Waals surface area contributed by atoms with Gasteiger partial charge in [0.05, 0.1) is 0 Å². The van der Waals surface area contributed by atoms with Crippen molar-refractivity contribution in [2.24, 2.45) is 10.7 Å². The minimum Gasteiger partial charge on any atom is -0.463 e. The molecule has 3 N–H and O–H groups in total. The predicted molar refractivity (Wildman–Crippen MR) is 69.4 cm³/mol. The lowest BCUT2D eigenvalue weighted by atomic mass is 10.1. The Balaban J connectivity index is 1.68. The fourth-order valence-corrected chi connectivity index (χ4v) is 1.96. The second kappa shape index (κ2) is 5.89. The van der Waals surface area contributed by atoms with Gasteiger partial charge in [0.25, 0.3) is 6.02 Å². The van der Waals surface area contributed by atoms with Crippen LogP contribution in [-0.4, -0.2) is 31.8 Å². The van der Waals surface area contributed by atoms with Crippen LogP contribution in [0.2, 0.25) is 5.02 Å². The molecule has 0 radical (unpaired) electrons. The van der Waals surface area contributed by atoms with Crippen LogP contribution >= 0.6 is 11.6 Å². The zero-order valence-corrected chi connectivity index (χ0v) is 10.3. The van der Waals surface area contributed by atoms with Gasteiger partial charge in [0, 0.05) is 11.6 Å². The summed E-state index contributed by atoms with van der Waals surface area (Å²) in [5.41, 5.74) is 6.58. The molecular weight excluding hydrogens is 238 g/mol. The summed E-state index contributed by atoms with van der Waals surface area (Å²) in [6.45, 7) is 2.23. The summed E-state index contributed by atoms with van der Waals surface area (Å²) >= 11 is 6.06. The van der Waals surface area contributed by atoms with Crippen LogP contribution in [0.1, 0.15) is 5.56 Å². The van der Waals surface area contributed by atoms with Crippen molar-refractivity contribution in [3.63, 3.8) is 0 Å². The summed E-state index contributed by atoms with van der Waals surface area (Å²) in [4.78, 5) is 4.13. The molecule has 5 heteroatoms. The number of rotatable bonds is 5. The Labute approximate surface area is 106 Å². The van der Waals surface area contributed by atoms with E-state index in [-0.39, 0.29) is 6.04 Å². The molecule has 1 aliphatic heterocycles. The van der Waals surface area contributed by atoms with Crippen molar-refractivity contribution in [3.05, 3.63) is 34.9 Å². The number of nitrogens with zero attached hydrogens (tertiary/aromatic N) is 1. The summed E-state index contributed by atoms with van der Waals surface area (Å²) in [6, 6.07) is 8.32.